The molecule has 0 bridgehead atoms. The monoisotopic (exact) mass is 349 g/mol. The van der Waals surface area contributed by atoms with Crippen molar-refractivity contribution in [2.24, 2.45) is 5.84 Å². The smallest absolute Gasteiger partial charge is 0.0994 e. The van der Waals surface area contributed by atoms with Crippen LogP contribution in [0.1, 0.15) is 24.2 Å². The topological polar surface area (TPSA) is 60.2 Å². The molecule has 1 aromatic carbocycles. The second kappa shape index (κ2) is 8.24. The molecule has 0 saturated heterocycles. The van der Waals surface area contributed by atoms with Gasteiger partial charge >= 0.3 is 0 Å². The van der Waals surface area contributed by atoms with Gasteiger partial charge in [0.1, 0.15) is 0 Å². The number of pyridine rings is 1. The minimum atomic E-state index is -0.0971. The van der Waals surface area contributed by atoms with E-state index >= 15 is 0 Å². The Morgan fingerprint density at radius 1 is 1.29 bits per heavy atom. The summed E-state index contributed by atoms with van der Waals surface area (Å²) >= 11 is 3.44. The van der Waals surface area contributed by atoms with Gasteiger partial charge in [-0.05, 0) is 46.5 Å². The average molecular weight is 350 g/mol. The lowest BCUT2D eigenvalue weighted by atomic mass is 9.97. The van der Waals surface area contributed by atoms with Crippen LogP contribution >= 0.6 is 15.9 Å². The molecule has 112 valence electrons. The molecular formula is C16H20BrN3O. The lowest BCUT2D eigenvalue weighted by Gasteiger charge is -2.27. The first-order chi connectivity index (χ1) is 10.2. The minimum absolute atomic E-state index is 0.0246. The maximum Gasteiger partial charge on any atom is 0.0994 e. The van der Waals surface area contributed by atoms with Crippen LogP contribution in [0.5, 0.6) is 0 Å². The van der Waals surface area contributed by atoms with Crippen LogP contribution in [0.2, 0.25) is 0 Å². The lowest BCUT2D eigenvalue weighted by molar-refractivity contribution is 0.0332. The van der Waals surface area contributed by atoms with Crippen molar-refractivity contribution in [1.29, 1.82) is 0 Å². The molecule has 0 saturated carbocycles. The number of nitrogens with one attached hydrogen (secondary N) is 1. The zero-order valence-electron chi connectivity index (χ0n) is 12.0. The number of hydrogen-bond acceptors (Lipinski definition) is 4. The Bertz CT molecular complexity index is 550. The molecule has 3 N–H and O–H groups in total. The first-order valence-corrected chi connectivity index (χ1v) is 7.76. The molecule has 0 aliphatic carbocycles. The fourth-order valence-electron chi connectivity index (χ4n) is 2.34. The number of aromatic nitrogens is 1. The van der Waals surface area contributed by atoms with Crippen LogP contribution in [0.4, 0.5) is 0 Å². The third-order valence-corrected chi connectivity index (χ3v) is 3.70. The highest BCUT2D eigenvalue weighted by Gasteiger charge is 2.23. The molecule has 0 fully saturated rings. The van der Waals surface area contributed by atoms with Crippen LogP contribution in [0.25, 0.3) is 0 Å². The molecule has 4 nitrogen and oxygen atoms in total. The lowest BCUT2D eigenvalue weighted by Crippen LogP contribution is -2.42. The van der Waals surface area contributed by atoms with E-state index in [1.807, 2.05) is 37.4 Å². The first kappa shape index (κ1) is 16.1. The SMILES string of the molecule is CCOC(c1ccccc1)C(Cc1cncc(Br)c1)NN. The highest BCUT2D eigenvalue weighted by Crippen LogP contribution is 2.24. The Labute approximate surface area is 133 Å². The number of ether oxygens (including phenoxy) is 1. The maximum absolute atomic E-state index is 5.91. The fourth-order valence-corrected chi connectivity index (χ4v) is 2.75. The second-order valence-corrected chi connectivity index (χ2v) is 5.69. The molecule has 5 heteroatoms. The van der Waals surface area contributed by atoms with Gasteiger partial charge in [-0.25, -0.2) is 0 Å². The van der Waals surface area contributed by atoms with Crippen molar-refractivity contribution >= 4 is 15.9 Å². The molecule has 0 amide bonds. The van der Waals surface area contributed by atoms with Gasteiger partial charge < -0.3 is 4.74 Å². The number of nitrogens with zero attached hydrogens (tertiary/aromatic N) is 1. The van der Waals surface area contributed by atoms with E-state index in [0.717, 1.165) is 22.0 Å². The van der Waals surface area contributed by atoms with Gasteiger partial charge in [0.15, 0.2) is 0 Å². The molecular weight excluding hydrogens is 330 g/mol. The third kappa shape index (κ3) is 4.61. The van der Waals surface area contributed by atoms with Gasteiger partial charge in [0.25, 0.3) is 0 Å². The Kier molecular flexibility index (Phi) is 6.32. The predicted octanol–water partition coefficient (Wildman–Crippen LogP) is 3.00. The molecule has 2 aromatic rings. The van der Waals surface area contributed by atoms with E-state index in [9.17, 15) is 0 Å². The van der Waals surface area contributed by atoms with E-state index in [4.69, 9.17) is 10.6 Å². The van der Waals surface area contributed by atoms with Gasteiger partial charge in [-0.2, -0.15) is 0 Å². The van der Waals surface area contributed by atoms with E-state index in [1.54, 1.807) is 6.20 Å². The second-order valence-electron chi connectivity index (χ2n) is 4.78. The summed E-state index contributed by atoms with van der Waals surface area (Å²) in [6.45, 7) is 2.62. The van der Waals surface area contributed by atoms with E-state index in [2.05, 4.69) is 38.5 Å². The summed E-state index contributed by atoms with van der Waals surface area (Å²) in [5.41, 5.74) is 5.11. The maximum atomic E-state index is 5.91. The van der Waals surface area contributed by atoms with Crippen molar-refractivity contribution in [3.05, 3.63) is 64.4 Å². The third-order valence-electron chi connectivity index (χ3n) is 3.27. The van der Waals surface area contributed by atoms with Crippen LogP contribution in [-0.4, -0.2) is 17.6 Å². The largest absolute Gasteiger partial charge is 0.372 e. The van der Waals surface area contributed by atoms with Crippen LogP contribution in [0.15, 0.2) is 53.3 Å². The number of rotatable bonds is 7. The quantitative estimate of drug-likeness (QED) is 0.595. The van der Waals surface area contributed by atoms with Gasteiger partial charge in [-0.1, -0.05) is 30.3 Å². The molecule has 0 spiro atoms. The van der Waals surface area contributed by atoms with Crippen molar-refractivity contribution in [2.45, 2.75) is 25.5 Å². The van der Waals surface area contributed by atoms with Crippen LogP contribution in [-0.2, 0) is 11.2 Å². The van der Waals surface area contributed by atoms with Crippen LogP contribution in [0, 0.1) is 0 Å². The number of benzene rings is 1. The first-order valence-electron chi connectivity index (χ1n) is 6.96. The molecule has 1 heterocycles. The molecule has 2 rings (SSSR count). The Morgan fingerprint density at radius 3 is 2.67 bits per heavy atom. The summed E-state index contributed by atoms with van der Waals surface area (Å²) in [4.78, 5) is 4.19. The normalized spacial score (nSPS) is 13.9. The van der Waals surface area contributed by atoms with Crippen molar-refractivity contribution < 1.29 is 4.74 Å². The summed E-state index contributed by atoms with van der Waals surface area (Å²) < 4.78 is 6.87. The highest BCUT2D eigenvalue weighted by atomic mass is 79.9. The number of halogens is 1. The van der Waals surface area contributed by atoms with Crippen molar-refractivity contribution in [3.63, 3.8) is 0 Å². The average Bonchev–Trinajstić information content (AvgIpc) is 2.51. The number of nitrogens with two attached hydrogens (primary N) is 1. The van der Waals surface area contributed by atoms with E-state index in [0.29, 0.717) is 6.61 Å². The summed E-state index contributed by atoms with van der Waals surface area (Å²) in [6.07, 6.45) is 4.26. The Morgan fingerprint density at radius 2 is 2.05 bits per heavy atom. The van der Waals surface area contributed by atoms with Crippen molar-refractivity contribution in [3.8, 4) is 0 Å². The van der Waals surface area contributed by atoms with Gasteiger partial charge in [0, 0.05) is 23.5 Å². The molecule has 2 atom stereocenters. The van der Waals surface area contributed by atoms with Gasteiger partial charge in [0.2, 0.25) is 0 Å². The zero-order valence-corrected chi connectivity index (χ0v) is 13.6. The summed E-state index contributed by atoms with van der Waals surface area (Å²) in [6, 6.07) is 12.2. The predicted molar refractivity (Wildman–Crippen MR) is 87.6 cm³/mol. The summed E-state index contributed by atoms with van der Waals surface area (Å²) in [7, 11) is 0. The minimum Gasteiger partial charge on any atom is -0.372 e. The van der Waals surface area contributed by atoms with Crippen molar-refractivity contribution in [2.75, 3.05) is 6.61 Å². The van der Waals surface area contributed by atoms with Crippen LogP contribution in [0.3, 0.4) is 0 Å². The highest BCUT2D eigenvalue weighted by molar-refractivity contribution is 9.10. The summed E-state index contributed by atoms with van der Waals surface area (Å²) in [5, 5.41) is 0. The van der Waals surface area contributed by atoms with Crippen molar-refractivity contribution in [1.82, 2.24) is 10.4 Å². The molecule has 0 radical (unpaired) electrons. The Hall–Kier alpha value is -1.27. The van der Waals surface area contributed by atoms with E-state index in [-0.39, 0.29) is 12.1 Å². The Balaban J connectivity index is 2.20. The van der Waals surface area contributed by atoms with E-state index < -0.39 is 0 Å². The summed E-state index contributed by atoms with van der Waals surface area (Å²) in [5.74, 6) is 5.77. The molecule has 2 unspecified atom stereocenters. The number of hydrogen-bond donors (Lipinski definition) is 2. The molecule has 21 heavy (non-hydrogen) atoms. The zero-order chi connectivity index (χ0) is 15.1. The standard InChI is InChI=1S/C16H20BrN3O/c1-2-21-16(13-6-4-3-5-7-13)15(20-18)9-12-8-14(17)11-19-10-12/h3-8,10-11,15-16,20H,2,9,18H2,1H3. The van der Waals surface area contributed by atoms with E-state index in [1.165, 1.54) is 0 Å². The molecule has 1 aromatic heterocycles. The van der Waals surface area contributed by atoms with Gasteiger partial charge in [0.05, 0.1) is 12.1 Å². The van der Waals surface area contributed by atoms with Gasteiger partial charge in [-0.15, -0.1) is 0 Å². The van der Waals surface area contributed by atoms with Crippen LogP contribution < -0.4 is 11.3 Å². The number of hydrazine groups is 1. The molecule has 0 aliphatic heterocycles. The molecule has 0 aliphatic rings. The fraction of sp³-hybridized carbons (Fsp3) is 0.312. The van der Waals surface area contributed by atoms with Gasteiger partial charge in [-0.3, -0.25) is 16.3 Å².